The van der Waals surface area contributed by atoms with Gasteiger partial charge in [-0.15, -0.1) is 0 Å². The number of quaternary nitrogens is 1. The van der Waals surface area contributed by atoms with E-state index in [1.54, 1.807) is 0 Å². The molecule has 0 spiro atoms. The van der Waals surface area contributed by atoms with Crippen molar-refractivity contribution in [1.29, 1.82) is 0 Å². The van der Waals surface area contributed by atoms with Crippen LogP contribution in [-0.4, -0.2) is 21.6 Å². The SMILES string of the molecule is [Cl-].[NH3+]C1(c2ccc(-c3nc4c(OCCc5ccncc5)cccc4nc3-c3ccccc3)cc2)CCC1. The normalized spacial score (nSPS) is 14.0. The van der Waals surface area contributed by atoms with E-state index in [9.17, 15) is 0 Å². The summed E-state index contributed by atoms with van der Waals surface area (Å²) in [5.74, 6) is 0.748. The van der Waals surface area contributed by atoms with Crippen molar-refractivity contribution in [2.45, 2.75) is 31.2 Å². The number of fused-ring (bicyclic) bond motifs is 1. The van der Waals surface area contributed by atoms with Crippen LogP contribution in [-0.2, 0) is 12.0 Å². The molecule has 6 rings (SSSR count). The van der Waals surface area contributed by atoms with Crippen LogP contribution in [0.15, 0.2) is 97.3 Å². The molecule has 3 aromatic carbocycles. The summed E-state index contributed by atoms with van der Waals surface area (Å²) in [6.45, 7) is 0.556. The molecular weight excluding hydrogens is 480 g/mol. The minimum absolute atomic E-state index is 0. The van der Waals surface area contributed by atoms with Crippen molar-refractivity contribution in [3.63, 3.8) is 0 Å². The number of hydrogen-bond donors (Lipinski definition) is 1. The Kier molecular flexibility index (Phi) is 7.17. The number of hydrogen-bond acceptors (Lipinski definition) is 4. The Hall–Kier alpha value is -3.80. The van der Waals surface area contributed by atoms with E-state index in [2.05, 4.69) is 47.1 Å². The third-order valence-corrected chi connectivity index (χ3v) is 7.18. The van der Waals surface area contributed by atoms with E-state index in [0.29, 0.717) is 6.61 Å². The summed E-state index contributed by atoms with van der Waals surface area (Å²) in [5.41, 5.74) is 12.4. The summed E-state index contributed by atoms with van der Waals surface area (Å²) in [4.78, 5) is 14.3. The lowest BCUT2D eigenvalue weighted by atomic mass is 9.72. The van der Waals surface area contributed by atoms with Gasteiger partial charge < -0.3 is 22.9 Å². The van der Waals surface area contributed by atoms with Crippen molar-refractivity contribution in [3.8, 4) is 28.3 Å². The second kappa shape index (κ2) is 10.7. The van der Waals surface area contributed by atoms with Crippen molar-refractivity contribution >= 4 is 11.0 Å². The molecule has 1 fully saturated rings. The van der Waals surface area contributed by atoms with Gasteiger partial charge in [0.05, 0.1) is 23.5 Å². The second-order valence-corrected chi connectivity index (χ2v) is 9.58. The van der Waals surface area contributed by atoms with Crippen LogP contribution in [0.3, 0.4) is 0 Å². The first-order valence-electron chi connectivity index (χ1n) is 12.5. The number of nitrogens with zero attached hydrogens (tertiary/aromatic N) is 3. The second-order valence-electron chi connectivity index (χ2n) is 9.58. The molecule has 186 valence electrons. The Bertz CT molecular complexity index is 1490. The molecule has 3 N–H and O–H groups in total. The fraction of sp³-hybridized carbons (Fsp3) is 0.194. The smallest absolute Gasteiger partial charge is 0.147 e. The first-order chi connectivity index (χ1) is 17.7. The van der Waals surface area contributed by atoms with E-state index in [0.717, 1.165) is 58.6 Å². The predicted molar refractivity (Wildman–Crippen MR) is 142 cm³/mol. The molecule has 1 aliphatic rings. The molecule has 6 heteroatoms. The van der Waals surface area contributed by atoms with Gasteiger partial charge in [0.25, 0.3) is 0 Å². The number of ether oxygens (including phenoxy) is 1. The minimum atomic E-state index is 0. The highest BCUT2D eigenvalue weighted by Crippen LogP contribution is 2.38. The molecule has 0 radical (unpaired) electrons. The topological polar surface area (TPSA) is 75.5 Å². The van der Waals surface area contributed by atoms with Gasteiger partial charge in [0.15, 0.2) is 0 Å². The highest BCUT2D eigenvalue weighted by molar-refractivity contribution is 5.89. The fourth-order valence-electron chi connectivity index (χ4n) is 4.87. The number of pyridine rings is 1. The molecule has 0 aliphatic heterocycles. The first kappa shape index (κ1) is 24.9. The van der Waals surface area contributed by atoms with Gasteiger partial charge in [-0.1, -0.05) is 60.7 Å². The Morgan fingerprint density at radius 1 is 0.757 bits per heavy atom. The highest BCUT2D eigenvalue weighted by atomic mass is 35.5. The number of halogens is 1. The number of rotatable bonds is 7. The van der Waals surface area contributed by atoms with Gasteiger partial charge in [0.2, 0.25) is 0 Å². The van der Waals surface area contributed by atoms with Gasteiger partial charge in [-0.25, -0.2) is 9.97 Å². The van der Waals surface area contributed by atoms with Crippen molar-refractivity contribution in [3.05, 3.63) is 108 Å². The van der Waals surface area contributed by atoms with Crippen molar-refractivity contribution in [2.75, 3.05) is 6.61 Å². The molecule has 0 saturated heterocycles. The molecule has 1 aliphatic carbocycles. The highest BCUT2D eigenvalue weighted by Gasteiger charge is 2.38. The summed E-state index contributed by atoms with van der Waals surface area (Å²) < 4.78 is 6.21. The van der Waals surface area contributed by atoms with Gasteiger partial charge in [-0.05, 0) is 36.2 Å². The molecule has 2 heterocycles. The maximum Gasteiger partial charge on any atom is 0.147 e. The van der Waals surface area contributed by atoms with E-state index in [1.807, 2.05) is 60.9 Å². The van der Waals surface area contributed by atoms with Crippen molar-refractivity contribution in [1.82, 2.24) is 15.0 Å². The molecule has 1 saturated carbocycles. The van der Waals surface area contributed by atoms with Gasteiger partial charge >= 0.3 is 0 Å². The number of aromatic nitrogens is 3. The molecule has 0 amide bonds. The molecule has 2 aromatic heterocycles. The van der Waals surface area contributed by atoms with Gasteiger partial charge in [-0.2, -0.15) is 0 Å². The summed E-state index contributed by atoms with van der Waals surface area (Å²) in [6, 6.07) is 29.0. The van der Waals surface area contributed by atoms with Gasteiger partial charge in [0, 0.05) is 48.3 Å². The van der Waals surface area contributed by atoms with Crippen LogP contribution in [0.1, 0.15) is 30.4 Å². The van der Waals surface area contributed by atoms with E-state index in [-0.39, 0.29) is 17.9 Å². The summed E-state index contributed by atoms with van der Waals surface area (Å²) in [6.07, 6.45) is 7.97. The van der Waals surface area contributed by atoms with Crippen LogP contribution in [0, 0.1) is 0 Å². The van der Waals surface area contributed by atoms with Crippen molar-refractivity contribution in [2.24, 2.45) is 0 Å². The molecule has 0 bridgehead atoms. The zero-order valence-corrected chi connectivity index (χ0v) is 21.4. The molecule has 5 nitrogen and oxygen atoms in total. The quantitative estimate of drug-likeness (QED) is 0.367. The minimum Gasteiger partial charge on any atom is -1.00 e. The summed E-state index contributed by atoms with van der Waals surface area (Å²) in [7, 11) is 0. The molecule has 37 heavy (non-hydrogen) atoms. The Morgan fingerprint density at radius 3 is 2.16 bits per heavy atom. The number of benzene rings is 3. The first-order valence-corrected chi connectivity index (χ1v) is 12.5. The number of para-hydroxylation sites is 1. The van der Waals surface area contributed by atoms with Crippen LogP contribution < -0.4 is 22.9 Å². The Morgan fingerprint density at radius 2 is 1.46 bits per heavy atom. The zero-order chi connectivity index (χ0) is 24.4. The molecular formula is C31H29ClN4O. The van der Waals surface area contributed by atoms with Crippen LogP contribution in [0.4, 0.5) is 0 Å². The maximum atomic E-state index is 6.21. The van der Waals surface area contributed by atoms with Crippen molar-refractivity contribution < 1.29 is 22.9 Å². The standard InChI is InChI=1S/C31H28N4O.ClH/c32-31(17-5-18-31)25-12-10-24(11-13-25)29-28(23-6-2-1-3-7-23)34-26-8-4-9-27(30(26)35-29)36-21-16-22-14-19-33-20-15-22;/h1-4,6-15,19-20H,5,16-18,21,32H2;1H. The van der Waals surface area contributed by atoms with Crippen LogP contribution in [0.25, 0.3) is 33.5 Å². The lowest BCUT2D eigenvalue weighted by Crippen LogP contribution is -3.00. The van der Waals surface area contributed by atoms with E-state index >= 15 is 0 Å². The Labute approximate surface area is 223 Å². The third kappa shape index (κ3) is 5.06. The molecule has 0 unspecified atom stereocenters. The van der Waals surface area contributed by atoms with Crippen LogP contribution in [0.5, 0.6) is 5.75 Å². The lowest BCUT2D eigenvalue weighted by Gasteiger charge is -2.34. The zero-order valence-electron chi connectivity index (χ0n) is 20.6. The van der Waals surface area contributed by atoms with E-state index in [1.165, 1.54) is 17.5 Å². The third-order valence-electron chi connectivity index (χ3n) is 7.18. The van der Waals surface area contributed by atoms with E-state index in [4.69, 9.17) is 14.7 Å². The van der Waals surface area contributed by atoms with E-state index < -0.39 is 0 Å². The largest absolute Gasteiger partial charge is 1.00 e. The monoisotopic (exact) mass is 508 g/mol. The fourth-order valence-corrected chi connectivity index (χ4v) is 4.87. The molecule has 5 aromatic rings. The average molecular weight is 509 g/mol. The summed E-state index contributed by atoms with van der Waals surface area (Å²) in [5, 5.41) is 0. The van der Waals surface area contributed by atoms with Gasteiger partial charge in [0.1, 0.15) is 16.8 Å². The summed E-state index contributed by atoms with van der Waals surface area (Å²) >= 11 is 0. The predicted octanol–water partition coefficient (Wildman–Crippen LogP) is 2.61. The van der Waals surface area contributed by atoms with Crippen LogP contribution >= 0.6 is 0 Å². The Balaban J connectivity index is 0.00000280. The average Bonchev–Trinajstić information content (AvgIpc) is 2.92. The van der Waals surface area contributed by atoms with Gasteiger partial charge in [-0.3, -0.25) is 4.98 Å². The maximum absolute atomic E-state index is 6.21. The van der Waals surface area contributed by atoms with Crippen LogP contribution in [0.2, 0.25) is 0 Å². The molecule has 0 atom stereocenters. The lowest BCUT2D eigenvalue weighted by molar-refractivity contribution is -0.509.